The molecule has 1 rings (SSSR count). The van der Waals surface area contributed by atoms with Gasteiger partial charge in [-0.15, -0.1) is 12.4 Å². The lowest BCUT2D eigenvalue weighted by Crippen LogP contribution is -2.13. The zero-order valence-electron chi connectivity index (χ0n) is 9.87. The van der Waals surface area contributed by atoms with Gasteiger partial charge < -0.3 is 10.5 Å². The fourth-order valence-electron chi connectivity index (χ4n) is 1.63. The van der Waals surface area contributed by atoms with Gasteiger partial charge in [0.1, 0.15) is 5.75 Å². The van der Waals surface area contributed by atoms with Gasteiger partial charge in [-0.25, -0.2) is 0 Å². The van der Waals surface area contributed by atoms with Gasteiger partial charge in [0.2, 0.25) is 0 Å². The molecule has 92 valence electrons. The third kappa shape index (κ3) is 4.32. The molecule has 1 aromatic rings. The summed E-state index contributed by atoms with van der Waals surface area (Å²) in [6, 6.07) is 6.02. The van der Waals surface area contributed by atoms with Crippen molar-refractivity contribution in [3.63, 3.8) is 0 Å². The second-order valence-electron chi connectivity index (χ2n) is 4.12. The standard InChI is InChI=1S/C12H18BrNO.ClH/c1-8(2)6-11(14)10-5-4-9(13)7-12(10)15-3;/h4-5,7-8,11H,6,14H2,1-3H3;1H/t11-;/m1./s1. The van der Waals surface area contributed by atoms with Gasteiger partial charge in [-0.1, -0.05) is 35.8 Å². The lowest BCUT2D eigenvalue weighted by molar-refractivity contribution is 0.399. The molecule has 0 aliphatic carbocycles. The summed E-state index contributed by atoms with van der Waals surface area (Å²) in [4.78, 5) is 0. The molecular weight excluding hydrogens is 289 g/mol. The fraction of sp³-hybridized carbons (Fsp3) is 0.500. The van der Waals surface area contributed by atoms with Crippen molar-refractivity contribution in [3.05, 3.63) is 28.2 Å². The van der Waals surface area contributed by atoms with Gasteiger partial charge in [-0.05, 0) is 24.5 Å². The molecule has 0 saturated carbocycles. The second kappa shape index (κ2) is 7.15. The fourth-order valence-corrected chi connectivity index (χ4v) is 1.97. The van der Waals surface area contributed by atoms with Crippen LogP contribution in [0.3, 0.4) is 0 Å². The molecule has 16 heavy (non-hydrogen) atoms. The minimum Gasteiger partial charge on any atom is -0.496 e. The first-order chi connectivity index (χ1) is 7.04. The maximum Gasteiger partial charge on any atom is 0.124 e. The van der Waals surface area contributed by atoms with Crippen LogP contribution in [0, 0.1) is 5.92 Å². The van der Waals surface area contributed by atoms with Crippen molar-refractivity contribution in [1.82, 2.24) is 0 Å². The third-order valence-electron chi connectivity index (χ3n) is 2.32. The average Bonchev–Trinajstić information content (AvgIpc) is 2.16. The lowest BCUT2D eigenvalue weighted by atomic mass is 9.97. The van der Waals surface area contributed by atoms with Crippen molar-refractivity contribution in [2.45, 2.75) is 26.3 Å². The van der Waals surface area contributed by atoms with Crippen LogP contribution in [0.4, 0.5) is 0 Å². The van der Waals surface area contributed by atoms with Gasteiger partial charge >= 0.3 is 0 Å². The van der Waals surface area contributed by atoms with Crippen molar-refractivity contribution < 1.29 is 4.74 Å². The molecule has 0 radical (unpaired) electrons. The monoisotopic (exact) mass is 307 g/mol. The van der Waals surface area contributed by atoms with Crippen molar-refractivity contribution in [2.24, 2.45) is 11.7 Å². The molecule has 2 nitrogen and oxygen atoms in total. The average molecular weight is 309 g/mol. The largest absolute Gasteiger partial charge is 0.496 e. The SMILES string of the molecule is COc1cc(Br)ccc1[C@H](N)CC(C)C.Cl. The number of benzene rings is 1. The molecule has 2 N–H and O–H groups in total. The quantitative estimate of drug-likeness (QED) is 0.915. The Hall–Kier alpha value is -0.250. The van der Waals surface area contributed by atoms with Gasteiger partial charge in [0, 0.05) is 16.1 Å². The van der Waals surface area contributed by atoms with E-state index in [0.717, 1.165) is 22.2 Å². The topological polar surface area (TPSA) is 35.2 Å². The Bertz CT molecular complexity index is 331. The van der Waals surface area contributed by atoms with E-state index < -0.39 is 0 Å². The molecule has 1 aromatic carbocycles. The number of methoxy groups -OCH3 is 1. The highest BCUT2D eigenvalue weighted by atomic mass is 79.9. The number of rotatable bonds is 4. The number of hydrogen-bond donors (Lipinski definition) is 1. The minimum atomic E-state index is 0. The molecular formula is C12H19BrClNO. The maximum atomic E-state index is 6.13. The first-order valence-corrected chi connectivity index (χ1v) is 5.93. The van der Waals surface area contributed by atoms with Crippen LogP contribution in [0.15, 0.2) is 22.7 Å². The molecule has 0 unspecified atom stereocenters. The number of ether oxygens (including phenoxy) is 1. The molecule has 1 atom stereocenters. The number of hydrogen-bond acceptors (Lipinski definition) is 2. The van der Waals surface area contributed by atoms with Crippen LogP contribution < -0.4 is 10.5 Å². The van der Waals surface area contributed by atoms with Gasteiger partial charge in [-0.3, -0.25) is 0 Å². The predicted octanol–water partition coefficient (Wildman–Crippen LogP) is 3.93. The molecule has 0 aromatic heterocycles. The molecule has 0 bridgehead atoms. The van der Waals surface area contributed by atoms with E-state index in [4.69, 9.17) is 10.5 Å². The summed E-state index contributed by atoms with van der Waals surface area (Å²) in [5.41, 5.74) is 7.21. The van der Waals surface area contributed by atoms with Crippen LogP contribution >= 0.6 is 28.3 Å². The Labute approximate surface area is 112 Å². The second-order valence-corrected chi connectivity index (χ2v) is 5.04. The highest BCUT2D eigenvalue weighted by Crippen LogP contribution is 2.30. The van der Waals surface area contributed by atoms with Crippen LogP contribution in [0.5, 0.6) is 5.75 Å². The van der Waals surface area contributed by atoms with Crippen LogP contribution in [0.25, 0.3) is 0 Å². The summed E-state index contributed by atoms with van der Waals surface area (Å²) in [6.45, 7) is 4.34. The van der Waals surface area contributed by atoms with Crippen LogP contribution in [0.1, 0.15) is 31.9 Å². The highest BCUT2D eigenvalue weighted by Gasteiger charge is 2.13. The van der Waals surface area contributed by atoms with Crippen molar-refractivity contribution >= 4 is 28.3 Å². The van der Waals surface area contributed by atoms with Crippen LogP contribution in [-0.2, 0) is 0 Å². The summed E-state index contributed by atoms with van der Waals surface area (Å²) in [5.74, 6) is 1.45. The van der Waals surface area contributed by atoms with Crippen LogP contribution in [0.2, 0.25) is 0 Å². The Morgan fingerprint density at radius 1 is 1.38 bits per heavy atom. The predicted molar refractivity (Wildman–Crippen MR) is 74.3 cm³/mol. The molecule has 0 saturated heterocycles. The first kappa shape index (κ1) is 15.8. The smallest absolute Gasteiger partial charge is 0.124 e. The normalized spacial score (nSPS) is 12.1. The highest BCUT2D eigenvalue weighted by molar-refractivity contribution is 9.10. The van der Waals surface area contributed by atoms with Gasteiger partial charge in [-0.2, -0.15) is 0 Å². The Morgan fingerprint density at radius 2 is 2.00 bits per heavy atom. The first-order valence-electron chi connectivity index (χ1n) is 5.13. The Morgan fingerprint density at radius 3 is 2.50 bits per heavy atom. The van der Waals surface area contributed by atoms with E-state index in [0.29, 0.717) is 5.92 Å². The van der Waals surface area contributed by atoms with Crippen molar-refractivity contribution in [2.75, 3.05) is 7.11 Å². The summed E-state index contributed by atoms with van der Waals surface area (Å²) < 4.78 is 6.33. The number of halogens is 2. The minimum absolute atomic E-state index is 0. The van der Waals surface area contributed by atoms with Gasteiger partial charge in [0.25, 0.3) is 0 Å². The Kier molecular flexibility index (Phi) is 7.04. The molecule has 0 spiro atoms. The Balaban J connectivity index is 0.00000225. The zero-order valence-corrected chi connectivity index (χ0v) is 12.3. The van der Waals surface area contributed by atoms with E-state index in [1.54, 1.807) is 7.11 Å². The maximum absolute atomic E-state index is 6.13. The number of nitrogens with two attached hydrogens (primary N) is 1. The van der Waals surface area contributed by atoms with Gasteiger partial charge in [0.15, 0.2) is 0 Å². The molecule has 0 heterocycles. The summed E-state index contributed by atoms with van der Waals surface area (Å²) in [5, 5.41) is 0. The van der Waals surface area contributed by atoms with E-state index in [1.165, 1.54) is 0 Å². The summed E-state index contributed by atoms with van der Waals surface area (Å²) in [7, 11) is 1.67. The van der Waals surface area contributed by atoms with E-state index in [-0.39, 0.29) is 18.4 Å². The van der Waals surface area contributed by atoms with E-state index >= 15 is 0 Å². The van der Waals surface area contributed by atoms with E-state index in [1.807, 2.05) is 18.2 Å². The van der Waals surface area contributed by atoms with E-state index in [9.17, 15) is 0 Å². The molecule has 0 aliphatic rings. The lowest BCUT2D eigenvalue weighted by Gasteiger charge is -2.17. The summed E-state index contributed by atoms with van der Waals surface area (Å²) in [6.07, 6.45) is 0.970. The van der Waals surface area contributed by atoms with Crippen LogP contribution in [-0.4, -0.2) is 7.11 Å². The van der Waals surface area contributed by atoms with Crippen molar-refractivity contribution in [3.8, 4) is 5.75 Å². The molecule has 0 fully saturated rings. The van der Waals surface area contributed by atoms with E-state index in [2.05, 4.69) is 29.8 Å². The van der Waals surface area contributed by atoms with Crippen molar-refractivity contribution in [1.29, 1.82) is 0 Å². The van der Waals surface area contributed by atoms with Gasteiger partial charge in [0.05, 0.1) is 7.11 Å². The molecule has 0 amide bonds. The summed E-state index contributed by atoms with van der Waals surface area (Å²) >= 11 is 3.42. The molecule has 0 aliphatic heterocycles. The zero-order chi connectivity index (χ0) is 11.4. The third-order valence-corrected chi connectivity index (χ3v) is 2.81. The molecule has 4 heteroatoms.